The highest BCUT2D eigenvalue weighted by atomic mass is 19.1. The lowest BCUT2D eigenvalue weighted by molar-refractivity contribution is -0.124. The molecule has 3 aromatic carbocycles. The minimum Gasteiger partial charge on any atom is -0.497 e. The Labute approximate surface area is 196 Å². The number of halogens is 1. The average molecular weight is 461 g/mol. The van der Waals surface area contributed by atoms with Crippen molar-refractivity contribution in [3.05, 3.63) is 90.2 Å². The molecule has 4 rings (SSSR count). The third-order valence-electron chi connectivity index (χ3n) is 5.64. The number of amides is 4. The summed E-state index contributed by atoms with van der Waals surface area (Å²) in [7, 11) is 1.58. The zero-order valence-corrected chi connectivity index (χ0v) is 18.6. The number of urea groups is 1. The Morgan fingerprint density at radius 1 is 0.971 bits per heavy atom. The van der Waals surface area contributed by atoms with Gasteiger partial charge in [-0.1, -0.05) is 30.3 Å². The van der Waals surface area contributed by atoms with Crippen LogP contribution in [0.1, 0.15) is 12.0 Å². The van der Waals surface area contributed by atoms with E-state index in [2.05, 4.69) is 5.32 Å². The number of hydrogen-bond acceptors (Lipinski definition) is 4. The highest BCUT2D eigenvalue weighted by Gasteiger charge is 2.46. The van der Waals surface area contributed by atoms with Gasteiger partial charge in [0.05, 0.1) is 19.2 Å². The highest BCUT2D eigenvalue weighted by Crippen LogP contribution is 2.28. The third-order valence-corrected chi connectivity index (χ3v) is 5.64. The van der Waals surface area contributed by atoms with Gasteiger partial charge in [0.15, 0.2) is 0 Å². The molecule has 1 heterocycles. The molecule has 0 radical (unpaired) electrons. The molecule has 0 spiro atoms. The van der Waals surface area contributed by atoms with Crippen LogP contribution in [0.25, 0.3) is 0 Å². The lowest BCUT2D eigenvalue weighted by atomic mass is 10.1. The van der Waals surface area contributed by atoms with Gasteiger partial charge in [0.2, 0.25) is 5.91 Å². The molecule has 7 nitrogen and oxygen atoms in total. The number of rotatable bonds is 8. The van der Waals surface area contributed by atoms with Crippen molar-refractivity contribution in [2.45, 2.75) is 18.9 Å². The molecule has 0 unspecified atom stereocenters. The molecule has 8 heteroatoms. The first-order valence-electron chi connectivity index (χ1n) is 10.8. The van der Waals surface area contributed by atoms with Crippen LogP contribution in [-0.4, -0.2) is 42.4 Å². The Kier molecular flexibility index (Phi) is 6.87. The number of imide groups is 1. The summed E-state index contributed by atoms with van der Waals surface area (Å²) in [4.78, 5) is 41.7. The van der Waals surface area contributed by atoms with Crippen LogP contribution in [0.4, 0.5) is 20.6 Å². The lowest BCUT2D eigenvalue weighted by Crippen LogP contribution is -2.39. The van der Waals surface area contributed by atoms with Crippen LogP contribution in [0, 0.1) is 5.82 Å². The molecule has 1 saturated heterocycles. The number of hydrogen-bond donors (Lipinski definition) is 1. The molecule has 1 N–H and O–H groups in total. The predicted molar refractivity (Wildman–Crippen MR) is 126 cm³/mol. The normalized spacial score (nSPS) is 15.5. The molecule has 4 amide bonds. The average Bonchev–Trinajstić information content (AvgIpc) is 3.08. The van der Waals surface area contributed by atoms with Crippen LogP contribution >= 0.6 is 0 Å². The van der Waals surface area contributed by atoms with Gasteiger partial charge in [0.25, 0.3) is 5.91 Å². The number of carbonyl (C=O) groups excluding carboxylic acids is 3. The highest BCUT2D eigenvalue weighted by molar-refractivity contribution is 6.22. The van der Waals surface area contributed by atoms with Gasteiger partial charge in [-0.05, 0) is 60.5 Å². The van der Waals surface area contributed by atoms with E-state index in [1.165, 1.54) is 29.2 Å². The molecule has 174 valence electrons. The quantitative estimate of drug-likeness (QED) is 0.509. The van der Waals surface area contributed by atoms with E-state index in [9.17, 15) is 18.8 Å². The largest absolute Gasteiger partial charge is 0.497 e. The summed E-state index contributed by atoms with van der Waals surface area (Å²) in [6.45, 7) is 0.234. The van der Waals surface area contributed by atoms with Crippen molar-refractivity contribution in [1.29, 1.82) is 0 Å². The van der Waals surface area contributed by atoms with E-state index in [1.807, 2.05) is 30.3 Å². The number of para-hydroxylation sites is 1. The SMILES string of the molecule is COc1ccc(CCN2C(=O)N(c3ccc(F)cc3)C(=O)[C@H]2CC(=O)Nc2ccccc2)cc1. The Hall–Kier alpha value is -4.20. The van der Waals surface area contributed by atoms with E-state index in [-0.39, 0.29) is 24.6 Å². The zero-order chi connectivity index (χ0) is 24.1. The Bertz CT molecular complexity index is 1170. The smallest absolute Gasteiger partial charge is 0.332 e. The molecule has 1 aliphatic rings. The zero-order valence-electron chi connectivity index (χ0n) is 18.6. The van der Waals surface area contributed by atoms with Crippen LogP contribution in [0.15, 0.2) is 78.9 Å². The first-order valence-corrected chi connectivity index (χ1v) is 10.8. The van der Waals surface area contributed by atoms with E-state index in [0.29, 0.717) is 17.9 Å². The Morgan fingerprint density at radius 2 is 1.65 bits per heavy atom. The molecule has 0 bridgehead atoms. The molecular formula is C26H24FN3O4. The number of carbonyl (C=O) groups is 3. The van der Waals surface area contributed by atoms with Gasteiger partial charge in [0.1, 0.15) is 17.6 Å². The van der Waals surface area contributed by atoms with E-state index < -0.39 is 23.8 Å². The lowest BCUT2D eigenvalue weighted by Gasteiger charge is -2.21. The van der Waals surface area contributed by atoms with Crippen LogP contribution in [0.3, 0.4) is 0 Å². The fourth-order valence-corrected chi connectivity index (χ4v) is 3.87. The van der Waals surface area contributed by atoms with Crippen molar-refractivity contribution in [2.24, 2.45) is 0 Å². The minimum atomic E-state index is -0.973. The number of nitrogens with zero attached hydrogens (tertiary/aromatic N) is 2. The summed E-state index contributed by atoms with van der Waals surface area (Å²) < 4.78 is 18.6. The van der Waals surface area contributed by atoms with Gasteiger partial charge in [-0.2, -0.15) is 0 Å². The maximum atomic E-state index is 13.4. The van der Waals surface area contributed by atoms with Crippen molar-refractivity contribution in [3.63, 3.8) is 0 Å². The van der Waals surface area contributed by atoms with Crippen molar-refractivity contribution in [2.75, 3.05) is 23.9 Å². The molecule has 0 saturated carbocycles. The standard InChI is InChI=1S/C26H24FN3O4/c1-34-22-13-7-18(8-14-22)15-16-29-23(17-24(31)28-20-5-3-2-4-6-20)25(32)30(26(29)33)21-11-9-19(27)10-12-21/h2-14,23H,15-17H2,1H3,(H,28,31)/t23-/m1/s1. The van der Waals surface area contributed by atoms with Crippen LogP contribution in [0.5, 0.6) is 5.75 Å². The topological polar surface area (TPSA) is 79.0 Å². The van der Waals surface area contributed by atoms with Crippen molar-refractivity contribution in [1.82, 2.24) is 4.90 Å². The van der Waals surface area contributed by atoms with Gasteiger partial charge in [-0.15, -0.1) is 0 Å². The first-order chi connectivity index (χ1) is 16.5. The second-order valence-electron chi connectivity index (χ2n) is 7.86. The van der Waals surface area contributed by atoms with Gasteiger partial charge in [0, 0.05) is 12.2 Å². The van der Waals surface area contributed by atoms with Crippen LogP contribution < -0.4 is 15.0 Å². The number of benzene rings is 3. The molecule has 34 heavy (non-hydrogen) atoms. The first kappa shape index (κ1) is 23.0. The number of methoxy groups -OCH3 is 1. The summed E-state index contributed by atoms with van der Waals surface area (Å²) in [5, 5.41) is 2.76. The number of anilines is 2. The molecule has 3 aromatic rings. The Balaban J connectivity index is 1.54. The molecular weight excluding hydrogens is 437 g/mol. The molecule has 1 atom stereocenters. The minimum absolute atomic E-state index is 0.195. The van der Waals surface area contributed by atoms with Crippen molar-refractivity contribution >= 4 is 29.2 Å². The second kappa shape index (κ2) is 10.2. The van der Waals surface area contributed by atoms with E-state index in [4.69, 9.17) is 4.74 Å². The number of nitrogens with one attached hydrogen (secondary N) is 1. The predicted octanol–water partition coefficient (Wildman–Crippen LogP) is 4.24. The van der Waals surface area contributed by atoms with Crippen molar-refractivity contribution < 1.29 is 23.5 Å². The third kappa shape index (κ3) is 5.06. The van der Waals surface area contributed by atoms with Crippen molar-refractivity contribution in [3.8, 4) is 5.75 Å². The van der Waals surface area contributed by atoms with Crippen LogP contribution in [0.2, 0.25) is 0 Å². The maximum Gasteiger partial charge on any atom is 0.332 e. The second-order valence-corrected chi connectivity index (χ2v) is 7.86. The summed E-state index contributed by atoms with van der Waals surface area (Å²) in [5.41, 5.74) is 1.81. The number of ether oxygens (including phenoxy) is 1. The molecule has 0 aromatic heterocycles. The van der Waals surface area contributed by atoms with Gasteiger partial charge >= 0.3 is 6.03 Å². The van der Waals surface area contributed by atoms with E-state index >= 15 is 0 Å². The Morgan fingerprint density at radius 3 is 2.29 bits per heavy atom. The van der Waals surface area contributed by atoms with Gasteiger partial charge in [-0.3, -0.25) is 9.59 Å². The van der Waals surface area contributed by atoms with Crippen LogP contribution in [-0.2, 0) is 16.0 Å². The van der Waals surface area contributed by atoms with E-state index in [0.717, 1.165) is 10.5 Å². The summed E-state index contributed by atoms with van der Waals surface area (Å²) in [5.74, 6) is -0.658. The fraction of sp³-hybridized carbons (Fsp3) is 0.192. The van der Waals surface area contributed by atoms with Gasteiger partial charge in [-0.25, -0.2) is 14.1 Å². The molecule has 1 fully saturated rings. The summed E-state index contributed by atoms with van der Waals surface area (Å²) in [6, 6.07) is 19.9. The molecule has 0 aliphatic carbocycles. The summed E-state index contributed by atoms with van der Waals surface area (Å²) in [6.07, 6.45) is 0.289. The maximum absolute atomic E-state index is 13.4. The monoisotopic (exact) mass is 461 g/mol. The molecule has 1 aliphatic heterocycles. The van der Waals surface area contributed by atoms with Gasteiger partial charge < -0.3 is 15.0 Å². The fourth-order valence-electron chi connectivity index (χ4n) is 3.87. The summed E-state index contributed by atoms with van der Waals surface area (Å²) >= 11 is 0. The van der Waals surface area contributed by atoms with E-state index in [1.54, 1.807) is 31.4 Å².